The number of nitrogens with zero attached hydrogens (tertiary/aromatic N) is 1. The van der Waals surface area contributed by atoms with E-state index in [1.54, 1.807) is 23.5 Å². The first kappa shape index (κ1) is 20.3. The van der Waals surface area contributed by atoms with Gasteiger partial charge in [0.05, 0.1) is 32.7 Å². The second-order valence-electron chi connectivity index (χ2n) is 7.22. The smallest absolute Gasteiger partial charge is 0.270 e. The summed E-state index contributed by atoms with van der Waals surface area (Å²) in [6.07, 6.45) is 1.78. The molecule has 0 spiro atoms. The molecule has 2 heterocycles. The Morgan fingerprint density at radius 2 is 1.93 bits per heavy atom. The SMILES string of the molecule is CC[NH+]1CCN(C(=O)/C(=C/c2cccs2)NC(=O)c2ccc(C)c(C)c2)CC1. The first-order valence-corrected chi connectivity index (χ1v) is 10.6. The number of thiophene rings is 1. The molecule has 1 aliphatic rings. The van der Waals surface area contributed by atoms with Gasteiger partial charge in [-0.3, -0.25) is 9.59 Å². The number of carbonyl (C=O) groups excluding carboxylic acids is 2. The average Bonchev–Trinajstić information content (AvgIpc) is 3.22. The molecule has 0 bridgehead atoms. The quantitative estimate of drug-likeness (QED) is 0.756. The molecule has 1 aliphatic heterocycles. The minimum atomic E-state index is -0.253. The number of piperazine rings is 1. The highest BCUT2D eigenvalue weighted by molar-refractivity contribution is 7.10. The highest BCUT2D eigenvalue weighted by atomic mass is 32.1. The number of hydrogen-bond acceptors (Lipinski definition) is 3. The monoisotopic (exact) mass is 398 g/mol. The van der Waals surface area contributed by atoms with Crippen molar-refractivity contribution in [3.05, 3.63) is 63.0 Å². The number of carbonyl (C=O) groups is 2. The van der Waals surface area contributed by atoms with E-state index in [9.17, 15) is 9.59 Å². The van der Waals surface area contributed by atoms with Crippen molar-refractivity contribution in [2.75, 3.05) is 32.7 Å². The summed E-state index contributed by atoms with van der Waals surface area (Å²) >= 11 is 1.54. The Kier molecular flexibility index (Phi) is 6.65. The minimum Gasteiger partial charge on any atom is -0.332 e. The molecule has 0 radical (unpaired) electrons. The van der Waals surface area contributed by atoms with Gasteiger partial charge in [-0.1, -0.05) is 12.1 Å². The van der Waals surface area contributed by atoms with Crippen LogP contribution in [0.1, 0.15) is 33.3 Å². The normalized spacial score (nSPS) is 15.5. The van der Waals surface area contributed by atoms with Gasteiger partial charge in [0.25, 0.3) is 11.8 Å². The second-order valence-corrected chi connectivity index (χ2v) is 8.20. The maximum atomic E-state index is 13.1. The molecule has 148 valence electrons. The zero-order valence-corrected chi connectivity index (χ0v) is 17.6. The Bertz CT molecular complexity index is 866. The molecule has 2 amide bonds. The van der Waals surface area contributed by atoms with Crippen molar-refractivity contribution < 1.29 is 14.5 Å². The number of quaternary nitrogens is 1. The first-order chi connectivity index (χ1) is 13.5. The molecule has 6 heteroatoms. The van der Waals surface area contributed by atoms with E-state index in [0.29, 0.717) is 24.4 Å². The van der Waals surface area contributed by atoms with E-state index in [1.807, 2.05) is 48.4 Å². The molecule has 2 aromatic rings. The van der Waals surface area contributed by atoms with Crippen molar-refractivity contribution in [3.8, 4) is 0 Å². The van der Waals surface area contributed by atoms with Gasteiger partial charge in [0, 0.05) is 10.4 Å². The fourth-order valence-electron chi connectivity index (χ4n) is 3.29. The highest BCUT2D eigenvalue weighted by Gasteiger charge is 2.26. The summed E-state index contributed by atoms with van der Waals surface area (Å²) in [5, 5.41) is 4.83. The standard InChI is InChI=1S/C22H27N3O2S/c1-4-24-9-11-25(12-10-24)22(27)20(15-19-6-5-13-28-19)23-21(26)18-8-7-16(2)17(3)14-18/h5-8,13-15H,4,9-12H2,1-3H3,(H,23,26)/p+1/b20-15-. The van der Waals surface area contributed by atoms with Crippen molar-refractivity contribution in [1.82, 2.24) is 10.2 Å². The number of benzene rings is 1. The van der Waals surface area contributed by atoms with Gasteiger partial charge in [0.15, 0.2) is 0 Å². The molecule has 1 aromatic heterocycles. The molecular formula is C22H28N3O2S+. The highest BCUT2D eigenvalue weighted by Crippen LogP contribution is 2.15. The fraction of sp³-hybridized carbons (Fsp3) is 0.364. The van der Waals surface area contributed by atoms with Gasteiger partial charge < -0.3 is 15.1 Å². The third kappa shape index (κ3) is 4.88. The molecule has 5 nitrogen and oxygen atoms in total. The largest absolute Gasteiger partial charge is 0.332 e. The zero-order chi connectivity index (χ0) is 20.1. The minimum absolute atomic E-state index is 0.110. The molecule has 1 saturated heterocycles. The zero-order valence-electron chi connectivity index (χ0n) is 16.7. The molecular weight excluding hydrogens is 370 g/mol. The number of likely N-dealkylation sites (N-methyl/N-ethyl adjacent to an activating group) is 1. The van der Waals surface area contributed by atoms with E-state index in [2.05, 4.69) is 12.2 Å². The third-order valence-electron chi connectivity index (χ3n) is 5.34. The molecule has 3 rings (SSSR count). The lowest BCUT2D eigenvalue weighted by molar-refractivity contribution is -0.902. The summed E-state index contributed by atoms with van der Waals surface area (Å²) in [7, 11) is 0. The molecule has 2 N–H and O–H groups in total. The van der Waals surface area contributed by atoms with Gasteiger partial charge in [-0.05, 0) is 61.6 Å². The van der Waals surface area contributed by atoms with Gasteiger partial charge in [-0.25, -0.2) is 0 Å². The predicted octanol–water partition coefficient (Wildman–Crippen LogP) is 1.88. The van der Waals surface area contributed by atoms with Crippen LogP contribution in [0.2, 0.25) is 0 Å². The van der Waals surface area contributed by atoms with Crippen LogP contribution < -0.4 is 10.2 Å². The van der Waals surface area contributed by atoms with E-state index >= 15 is 0 Å². The first-order valence-electron chi connectivity index (χ1n) is 9.74. The van der Waals surface area contributed by atoms with Crippen LogP contribution in [-0.2, 0) is 4.79 Å². The lowest BCUT2D eigenvalue weighted by Crippen LogP contribution is -3.14. The second kappa shape index (κ2) is 9.17. The maximum Gasteiger partial charge on any atom is 0.270 e. The molecule has 0 atom stereocenters. The Morgan fingerprint density at radius 1 is 1.18 bits per heavy atom. The number of nitrogens with one attached hydrogen (secondary N) is 2. The van der Waals surface area contributed by atoms with Crippen LogP contribution in [0.25, 0.3) is 6.08 Å². The molecule has 0 aliphatic carbocycles. The number of rotatable bonds is 5. The van der Waals surface area contributed by atoms with Crippen LogP contribution in [0.3, 0.4) is 0 Å². The van der Waals surface area contributed by atoms with Crippen LogP contribution in [-0.4, -0.2) is 49.4 Å². The number of aryl methyl sites for hydroxylation is 2. The maximum absolute atomic E-state index is 13.1. The molecule has 0 saturated carbocycles. The fourth-order valence-corrected chi connectivity index (χ4v) is 3.95. The number of amides is 2. The van der Waals surface area contributed by atoms with E-state index in [4.69, 9.17) is 0 Å². The van der Waals surface area contributed by atoms with E-state index in [-0.39, 0.29) is 11.8 Å². The van der Waals surface area contributed by atoms with Gasteiger partial charge in [0.1, 0.15) is 5.70 Å². The van der Waals surface area contributed by atoms with Crippen LogP contribution in [0.5, 0.6) is 0 Å². The average molecular weight is 399 g/mol. The van der Waals surface area contributed by atoms with Crippen molar-refractivity contribution in [3.63, 3.8) is 0 Å². The summed E-state index contributed by atoms with van der Waals surface area (Å²) in [6, 6.07) is 9.48. The van der Waals surface area contributed by atoms with Crippen LogP contribution in [0.15, 0.2) is 41.4 Å². The molecule has 1 aromatic carbocycles. The summed E-state index contributed by atoms with van der Waals surface area (Å²) in [5.74, 6) is -0.363. The summed E-state index contributed by atoms with van der Waals surface area (Å²) in [6.45, 7) is 10.5. The lowest BCUT2D eigenvalue weighted by Gasteiger charge is -2.32. The summed E-state index contributed by atoms with van der Waals surface area (Å²) in [5.41, 5.74) is 3.10. The van der Waals surface area contributed by atoms with E-state index in [0.717, 1.165) is 35.6 Å². The van der Waals surface area contributed by atoms with Crippen molar-refractivity contribution >= 4 is 29.2 Å². The van der Waals surface area contributed by atoms with Crippen molar-refractivity contribution in [1.29, 1.82) is 0 Å². The van der Waals surface area contributed by atoms with E-state index < -0.39 is 0 Å². The van der Waals surface area contributed by atoms with Gasteiger partial charge in [-0.15, -0.1) is 11.3 Å². The number of hydrogen-bond donors (Lipinski definition) is 2. The Labute approximate surface area is 170 Å². The van der Waals surface area contributed by atoms with Crippen LogP contribution in [0, 0.1) is 13.8 Å². The summed E-state index contributed by atoms with van der Waals surface area (Å²) in [4.78, 5) is 30.3. The van der Waals surface area contributed by atoms with Crippen molar-refractivity contribution in [2.45, 2.75) is 20.8 Å². The van der Waals surface area contributed by atoms with Crippen molar-refractivity contribution in [2.24, 2.45) is 0 Å². The Hall–Kier alpha value is -2.44. The predicted molar refractivity (Wildman–Crippen MR) is 113 cm³/mol. The molecule has 28 heavy (non-hydrogen) atoms. The van der Waals surface area contributed by atoms with Gasteiger partial charge in [0.2, 0.25) is 0 Å². The third-order valence-corrected chi connectivity index (χ3v) is 6.15. The Morgan fingerprint density at radius 3 is 2.54 bits per heavy atom. The lowest BCUT2D eigenvalue weighted by atomic mass is 10.1. The van der Waals surface area contributed by atoms with Crippen LogP contribution in [0.4, 0.5) is 0 Å². The molecule has 0 unspecified atom stereocenters. The molecule has 1 fully saturated rings. The summed E-state index contributed by atoms with van der Waals surface area (Å²) < 4.78 is 0. The Balaban J connectivity index is 1.80. The van der Waals surface area contributed by atoms with Gasteiger partial charge in [-0.2, -0.15) is 0 Å². The topological polar surface area (TPSA) is 53.9 Å². The van der Waals surface area contributed by atoms with E-state index in [1.165, 1.54) is 4.90 Å². The van der Waals surface area contributed by atoms with Crippen LogP contribution >= 0.6 is 11.3 Å². The van der Waals surface area contributed by atoms with Gasteiger partial charge >= 0.3 is 0 Å².